The highest BCUT2D eigenvalue weighted by Crippen LogP contribution is 2.28. The molecule has 0 bridgehead atoms. The number of halogens is 2. The van der Waals surface area contributed by atoms with Gasteiger partial charge in [-0.3, -0.25) is 0 Å². The number of hydrogen-bond acceptors (Lipinski definition) is 3. The fourth-order valence-electron chi connectivity index (χ4n) is 1.63. The van der Waals surface area contributed by atoms with E-state index in [1.54, 1.807) is 0 Å². The number of carboxylic acid groups (broad SMARTS) is 1. The van der Waals surface area contributed by atoms with Gasteiger partial charge in [-0.25, -0.2) is 9.18 Å². The number of rotatable bonds is 7. The second-order valence-electron chi connectivity index (χ2n) is 3.92. The first-order valence-corrected chi connectivity index (χ1v) is 6.87. The summed E-state index contributed by atoms with van der Waals surface area (Å²) >= 11 is 2.93. The zero-order valence-electron chi connectivity index (χ0n) is 10.9. The van der Waals surface area contributed by atoms with Crippen molar-refractivity contribution in [3.8, 4) is 5.75 Å². The second-order valence-corrected chi connectivity index (χ2v) is 4.71. The van der Waals surface area contributed by atoms with Crippen molar-refractivity contribution in [2.45, 2.75) is 13.8 Å². The lowest BCUT2D eigenvalue weighted by molar-refractivity contribution is 0.0695. The minimum Gasteiger partial charge on any atom is -0.489 e. The van der Waals surface area contributed by atoms with Crippen LogP contribution in [-0.4, -0.2) is 42.2 Å². The molecule has 1 aromatic rings. The zero-order valence-corrected chi connectivity index (χ0v) is 12.5. The molecule has 0 aromatic heterocycles. The van der Waals surface area contributed by atoms with E-state index in [4.69, 9.17) is 9.84 Å². The normalized spacial score (nSPS) is 10.8. The first-order chi connectivity index (χ1) is 9.01. The number of nitrogens with zero attached hydrogens (tertiary/aromatic N) is 1. The Balaban J connectivity index is 2.70. The smallest absolute Gasteiger partial charge is 0.336 e. The number of ether oxygens (including phenoxy) is 1. The van der Waals surface area contributed by atoms with Crippen molar-refractivity contribution in [3.63, 3.8) is 0 Å². The molecule has 0 unspecified atom stereocenters. The fourth-order valence-corrected chi connectivity index (χ4v) is 2.13. The Hall–Kier alpha value is -1.14. The summed E-state index contributed by atoms with van der Waals surface area (Å²) in [5.41, 5.74) is -0.117. The van der Waals surface area contributed by atoms with Crippen molar-refractivity contribution in [2.24, 2.45) is 0 Å². The first-order valence-electron chi connectivity index (χ1n) is 6.07. The average molecular weight is 334 g/mol. The highest BCUT2D eigenvalue weighted by atomic mass is 79.9. The molecule has 0 spiro atoms. The Kier molecular flexibility index (Phi) is 6.24. The summed E-state index contributed by atoms with van der Waals surface area (Å²) in [7, 11) is 0. The summed E-state index contributed by atoms with van der Waals surface area (Å²) in [6, 6.07) is 2.66. The van der Waals surface area contributed by atoms with E-state index >= 15 is 0 Å². The maximum atomic E-state index is 13.9. The molecule has 1 N–H and O–H groups in total. The monoisotopic (exact) mass is 333 g/mol. The molecule has 4 nitrogen and oxygen atoms in total. The lowest BCUT2D eigenvalue weighted by Crippen LogP contribution is -2.28. The molecule has 106 valence electrons. The molecule has 0 atom stereocenters. The Labute approximate surface area is 120 Å². The third kappa shape index (κ3) is 4.18. The van der Waals surface area contributed by atoms with E-state index in [0.29, 0.717) is 13.2 Å². The van der Waals surface area contributed by atoms with E-state index in [-0.39, 0.29) is 15.8 Å². The van der Waals surface area contributed by atoms with E-state index in [1.165, 1.54) is 12.1 Å². The molecule has 1 rings (SSSR count). The second kappa shape index (κ2) is 7.45. The molecule has 0 aliphatic heterocycles. The lowest BCUT2D eigenvalue weighted by Gasteiger charge is -2.18. The van der Waals surface area contributed by atoms with Crippen LogP contribution in [0.15, 0.2) is 16.6 Å². The number of likely N-dealkylation sites (N-methyl/N-ethyl adjacent to an activating group) is 1. The number of aromatic carboxylic acids is 1. The molecule has 0 radical (unpaired) electrons. The minimum atomic E-state index is -1.18. The van der Waals surface area contributed by atoms with E-state index in [9.17, 15) is 9.18 Å². The van der Waals surface area contributed by atoms with Crippen molar-refractivity contribution >= 4 is 21.9 Å². The van der Waals surface area contributed by atoms with Crippen LogP contribution in [0.1, 0.15) is 24.2 Å². The van der Waals surface area contributed by atoms with Gasteiger partial charge in [-0.05, 0) is 41.2 Å². The molecular formula is C13H17BrFNO3. The topological polar surface area (TPSA) is 49.8 Å². The predicted molar refractivity (Wildman–Crippen MR) is 74.3 cm³/mol. The first kappa shape index (κ1) is 15.9. The van der Waals surface area contributed by atoms with E-state index < -0.39 is 11.8 Å². The maximum absolute atomic E-state index is 13.9. The molecule has 0 aliphatic rings. The highest BCUT2D eigenvalue weighted by molar-refractivity contribution is 9.10. The van der Waals surface area contributed by atoms with Gasteiger partial charge in [-0.2, -0.15) is 0 Å². The molecule has 0 amide bonds. The molecule has 0 fully saturated rings. The zero-order chi connectivity index (χ0) is 14.4. The van der Waals surface area contributed by atoms with E-state index in [2.05, 4.69) is 20.8 Å². The van der Waals surface area contributed by atoms with Gasteiger partial charge in [0.1, 0.15) is 6.61 Å². The summed E-state index contributed by atoms with van der Waals surface area (Å²) < 4.78 is 19.1. The van der Waals surface area contributed by atoms with Gasteiger partial charge in [0.15, 0.2) is 11.6 Å². The number of carbonyl (C=O) groups is 1. The van der Waals surface area contributed by atoms with Gasteiger partial charge in [-0.1, -0.05) is 13.8 Å². The van der Waals surface area contributed by atoms with Crippen LogP contribution in [0.25, 0.3) is 0 Å². The summed E-state index contributed by atoms with van der Waals surface area (Å²) in [5.74, 6) is -1.80. The van der Waals surface area contributed by atoms with Crippen LogP contribution in [0, 0.1) is 5.82 Å². The van der Waals surface area contributed by atoms with Gasteiger partial charge >= 0.3 is 5.97 Å². The SMILES string of the molecule is CCN(CC)CCOc1ccc(C(=O)O)c(Br)c1F. The lowest BCUT2D eigenvalue weighted by atomic mass is 10.2. The molecule has 0 heterocycles. The summed E-state index contributed by atoms with van der Waals surface area (Å²) in [6.45, 7) is 6.96. The predicted octanol–water partition coefficient (Wildman–Crippen LogP) is 3.01. The summed E-state index contributed by atoms with van der Waals surface area (Å²) in [6.07, 6.45) is 0. The van der Waals surface area contributed by atoms with Crippen LogP contribution in [0.2, 0.25) is 0 Å². The quantitative estimate of drug-likeness (QED) is 0.833. The van der Waals surface area contributed by atoms with E-state index in [0.717, 1.165) is 13.1 Å². The molecule has 0 saturated heterocycles. The fraction of sp³-hybridized carbons (Fsp3) is 0.462. The van der Waals surface area contributed by atoms with Crippen LogP contribution >= 0.6 is 15.9 Å². The van der Waals surface area contributed by atoms with Crippen molar-refractivity contribution in [2.75, 3.05) is 26.2 Å². The van der Waals surface area contributed by atoms with Gasteiger partial charge in [0.05, 0.1) is 10.0 Å². The standard InChI is InChI=1S/C13H17BrFNO3/c1-3-16(4-2)7-8-19-10-6-5-9(13(17)18)11(14)12(10)15/h5-6H,3-4,7-8H2,1-2H3,(H,17,18). The van der Waals surface area contributed by atoms with Crippen LogP contribution in [0.3, 0.4) is 0 Å². The summed E-state index contributed by atoms with van der Waals surface area (Å²) in [5, 5.41) is 8.85. The molecule has 6 heteroatoms. The molecular weight excluding hydrogens is 317 g/mol. The molecule has 1 aromatic carbocycles. The van der Waals surface area contributed by atoms with Gasteiger partial charge in [0.25, 0.3) is 0 Å². The number of benzene rings is 1. The van der Waals surface area contributed by atoms with Crippen LogP contribution in [0.5, 0.6) is 5.75 Å². The summed E-state index contributed by atoms with van der Waals surface area (Å²) in [4.78, 5) is 13.0. The number of hydrogen-bond donors (Lipinski definition) is 1. The van der Waals surface area contributed by atoms with Crippen molar-refractivity contribution in [1.82, 2.24) is 4.90 Å². The van der Waals surface area contributed by atoms with Gasteiger partial charge < -0.3 is 14.7 Å². The van der Waals surface area contributed by atoms with Crippen molar-refractivity contribution in [1.29, 1.82) is 0 Å². The van der Waals surface area contributed by atoms with Crippen LogP contribution in [-0.2, 0) is 0 Å². The Morgan fingerprint density at radius 3 is 2.58 bits per heavy atom. The van der Waals surface area contributed by atoms with E-state index in [1.807, 2.05) is 13.8 Å². The van der Waals surface area contributed by atoms with Gasteiger partial charge in [0.2, 0.25) is 0 Å². The van der Waals surface area contributed by atoms with Gasteiger partial charge in [0, 0.05) is 6.54 Å². The minimum absolute atomic E-state index is 0.0593. The third-order valence-electron chi connectivity index (χ3n) is 2.84. The molecule has 0 saturated carbocycles. The molecule has 19 heavy (non-hydrogen) atoms. The Morgan fingerprint density at radius 2 is 2.05 bits per heavy atom. The Morgan fingerprint density at radius 1 is 1.42 bits per heavy atom. The molecule has 0 aliphatic carbocycles. The Bertz CT molecular complexity index is 450. The largest absolute Gasteiger partial charge is 0.489 e. The maximum Gasteiger partial charge on any atom is 0.336 e. The van der Waals surface area contributed by atoms with Crippen LogP contribution < -0.4 is 4.74 Å². The van der Waals surface area contributed by atoms with Crippen molar-refractivity contribution < 1.29 is 19.0 Å². The average Bonchev–Trinajstić information content (AvgIpc) is 2.39. The highest BCUT2D eigenvalue weighted by Gasteiger charge is 2.16. The number of carboxylic acids is 1. The third-order valence-corrected chi connectivity index (χ3v) is 3.61. The van der Waals surface area contributed by atoms with Gasteiger partial charge in [-0.15, -0.1) is 0 Å². The van der Waals surface area contributed by atoms with Crippen molar-refractivity contribution in [3.05, 3.63) is 28.0 Å². The van der Waals surface area contributed by atoms with Crippen LogP contribution in [0.4, 0.5) is 4.39 Å².